The predicted octanol–water partition coefficient (Wildman–Crippen LogP) is 8.40. The Bertz CT molecular complexity index is 1590. The van der Waals surface area contributed by atoms with Crippen molar-refractivity contribution in [1.29, 1.82) is 5.26 Å². The molecule has 0 radical (unpaired) electrons. The second-order valence-corrected chi connectivity index (χ2v) is 9.65. The third kappa shape index (κ3) is 3.56. The van der Waals surface area contributed by atoms with Gasteiger partial charge >= 0.3 is 0 Å². The summed E-state index contributed by atoms with van der Waals surface area (Å²) < 4.78 is 0. The topological polar surface area (TPSA) is 39.9 Å². The van der Waals surface area contributed by atoms with Crippen LogP contribution in [0.5, 0.6) is 0 Å². The van der Waals surface area contributed by atoms with E-state index in [4.69, 9.17) is 0 Å². The molecule has 0 amide bonds. The van der Waals surface area contributed by atoms with Gasteiger partial charge < -0.3 is 4.90 Å². The molecule has 0 bridgehead atoms. The van der Waals surface area contributed by atoms with E-state index >= 15 is 0 Å². The molecule has 4 aromatic carbocycles. The molecular weight excluding hydrogens is 438 g/mol. The number of rotatable bonds is 3. The van der Waals surface area contributed by atoms with Crippen LogP contribution in [0.3, 0.4) is 0 Å². The molecule has 36 heavy (non-hydrogen) atoms. The standard InChI is InChI=1S/C33H25N3/c1-33(2)28-15-3-5-18-31(28)36(32-19-6-4-16-29(32)33)27-14-8-11-24(21-27)23-10-7-12-25(20-23)30-17-9-13-26(22-34)35-30/h3-21H,1-2H3. The molecule has 0 spiro atoms. The lowest BCUT2D eigenvalue weighted by Crippen LogP contribution is -2.30. The fourth-order valence-electron chi connectivity index (χ4n) is 5.29. The molecule has 0 unspecified atom stereocenters. The zero-order valence-corrected chi connectivity index (χ0v) is 20.3. The van der Waals surface area contributed by atoms with Crippen molar-refractivity contribution in [3.63, 3.8) is 0 Å². The molecule has 6 rings (SSSR count). The van der Waals surface area contributed by atoms with Gasteiger partial charge in [-0.25, -0.2) is 4.98 Å². The van der Waals surface area contributed by atoms with Crippen molar-refractivity contribution in [2.24, 2.45) is 0 Å². The molecule has 2 heterocycles. The van der Waals surface area contributed by atoms with Crippen LogP contribution in [0.25, 0.3) is 22.4 Å². The van der Waals surface area contributed by atoms with Crippen molar-refractivity contribution >= 4 is 17.1 Å². The van der Waals surface area contributed by atoms with E-state index in [0.717, 1.165) is 28.1 Å². The maximum atomic E-state index is 9.25. The van der Waals surface area contributed by atoms with Gasteiger partial charge in [-0.2, -0.15) is 5.26 Å². The summed E-state index contributed by atoms with van der Waals surface area (Å²) in [6.45, 7) is 4.61. The van der Waals surface area contributed by atoms with Crippen LogP contribution in [0.2, 0.25) is 0 Å². The monoisotopic (exact) mass is 463 g/mol. The summed E-state index contributed by atoms with van der Waals surface area (Å²) in [6.07, 6.45) is 0. The number of nitrogens with zero attached hydrogens (tertiary/aromatic N) is 3. The SMILES string of the molecule is CC1(C)c2ccccc2N(c2cccc(-c3cccc(-c4cccc(C#N)n4)c3)c2)c2ccccc21. The van der Waals surface area contributed by atoms with Gasteiger partial charge in [-0.3, -0.25) is 0 Å². The average Bonchev–Trinajstić information content (AvgIpc) is 2.94. The maximum Gasteiger partial charge on any atom is 0.141 e. The number of pyridine rings is 1. The Labute approximate surface area is 211 Å². The summed E-state index contributed by atoms with van der Waals surface area (Å²) in [5.74, 6) is 0. The first-order chi connectivity index (χ1) is 17.6. The highest BCUT2D eigenvalue weighted by Gasteiger charge is 2.36. The molecule has 0 N–H and O–H groups in total. The first-order valence-corrected chi connectivity index (χ1v) is 12.1. The Balaban J connectivity index is 1.47. The fraction of sp³-hybridized carbons (Fsp3) is 0.0909. The van der Waals surface area contributed by atoms with Crippen molar-refractivity contribution in [1.82, 2.24) is 4.98 Å². The van der Waals surface area contributed by atoms with E-state index in [2.05, 4.69) is 115 Å². The highest BCUT2D eigenvalue weighted by atomic mass is 15.2. The van der Waals surface area contributed by atoms with E-state index in [1.54, 1.807) is 6.07 Å². The average molecular weight is 464 g/mol. The van der Waals surface area contributed by atoms with E-state index in [-0.39, 0.29) is 5.41 Å². The lowest BCUT2D eigenvalue weighted by Gasteiger charge is -2.42. The second kappa shape index (κ2) is 8.52. The van der Waals surface area contributed by atoms with Crippen LogP contribution in [0.1, 0.15) is 30.7 Å². The van der Waals surface area contributed by atoms with Crippen molar-refractivity contribution in [3.8, 4) is 28.5 Å². The van der Waals surface area contributed by atoms with Gasteiger partial charge in [0.05, 0.1) is 17.1 Å². The van der Waals surface area contributed by atoms with Crippen LogP contribution in [-0.4, -0.2) is 4.98 Å². The minimum absolute atomic E-state index is 0.0827. The third-order valence-electron chi connectivity index (χ3n) is 7.10. The van der Waals surface area contributed by atoms with Crippen LogP contribution in [-0.2, 0) is 5.41 Å². The molecule has 0 aliphatic carbocycles. The number of aromatic nitrogens is 1. The van der Waals surface area contributed by atoms with E-state index in [1.165, 1.54) is 22.5 Å². The molecular formula is C33H25N3. The summed E-state index contributed by atoms with van der Waals surface area (Å²) in [6, 6.07) is 42.1. The molecule has 172 valence electrons. The number of hydrogen-bond acceptors (Lipinski definition) is 3. The van der Waals surface area contributed by atoms with Crippen molar-refractivity contribution in [2.45, 2.75) is 19.3 Å². The molecule has 0 saturated heterocycles. The molecule has 0 atom stereocenters. The number of para-hydroxylation sites is 2. The summed E-state index contributed by atoms with van der Waals surface area (Å²) in [4.78, 5) is 6.86. The van der Waals surface area contributed by atoms with Gasteiger partial charge in [-0.05, 0) is 64.7 Å². The summed E-state index contributed by atoms with van der Waals surface area (Å²) in [7, 11) is 0. The van der Waals surface area contributed by atoms with Crippen LogP contribution in [0.4, 0.5) is 17.1 Å². The summed E-state index contributed by atoms with van der Waals surface area (Å²) in [5.41, 5.74) is 10.6. The fourth-order valence-corrected chi connectivity index (χ4v) is 5.29. The highest BCUT2D eigenvalue weighted by Crippen LogP contribution is 2.51. The first-order valence-electron chi connectivity index (χ1n) is 12.1. The lowest BCUT2D eigenvalue weighted by molar-refractivity contribution is 0.632. The molecule has 1 aromatic heterocycles. The van der Waals surface area contributed by atoms with Crippen LogP contribution in [0, 0.1) is 11.3 Å². The zero-order valence-electron chi connectivity index (χ0n) is 20.3. The largest absolute Gasteiger partial charge is 0.310 e. The molecule has 5 aromatic rings. The number of anilines is 3. The second-order valence-electron chi connectivity index (χ2n) is 9.65. The van der Waals surface area contributed by atoms with Crippen molar-refractivity contribution < 1.29 is 0 Å². The number of benzene rings is 4. The van der Waals surface area contributed by atoms with Gasteiger partial charge in [0.1, 0.15) is 11.8 Å². The summed E-state index contributed by atoms with van der Waals surface area (Å²) >= 11 is 0. The predicted molar refractivity (Wildman–Crippen MR) is 147 cm³/mol. The highest BCUT2D eigenvalue weighted by molar-refractivity contribution is 5.87. The van der Waals surface area contributed by atoms with Crippen LogP contribution in [0.15, 0.2) is 115 Å². The Morgan fingerprint density at radius 3 is 1.92 bits per heavy atom. The normalized spacial score (nSPS) is 13.4. The minimum Gasteiger partial charge on any atom is -0.310 e. The number of fused-ring (bicyclic) bond motifs is 2. The molecule has 3 heteroatoms. The van der Waals surface area contributed by atoms with Gasteiger partial charge in [0.15, 0.2) is 0 Å². The van der Waals surface area contributed by atoms with Crippen molar-refractivity contribution in [2.75, 3.05) is 4.90 Å². The quantitative estimate of drug-likeness (QED) is 0.270. The van der Waals surface area contributed by atoms with E-state index in [0.29, 0.717) is 5.69 Å². The molecule has 0 fully saturated rings. The smallest absolute Gasteiger partial charge is 0.141 e. The maximum absolute atomic E-state index is 9.25. The lowest BCUT2D eigenvalue weighted by atomic mass is 9.73. The Morgan fingerprint density at radius 2 is 1.22 bits per heavy atom. The molecule has 1 aliphatic heterocycles. The summed E-state index contributed by atoms with van der Waals surface area (Å²) in [5, 5.41) is 9.25. The van der Waals surface area contributed by atoms with E-state index in [1.807, 2.05) is 24.3 Å². The van der Waals surface area contributed by atoms with Crippen LogP contribution < -0.4 is 4.90 Å². The Morgan fingerprint density at radius 1 is 0.639 bits per heavy atom. The van der Waals surface area contributed by atoms with Gasteiger partial charge in [0.25, 0.3) is 0 Å². The van der Waals surface area contributed by atoms with E-state index in [9.17, 15) is 5.26 Å². The van der Waals surface area contributed by atoms with Crippen molar-refractivity contribution in [3.05, 3.63) is 132 Å². The van der Waals surface area contributed by atoms with Gasteiger partial charge in [-0.1, -0.05) is 86.6 Å². The molecule has 3 nitrogen and oxygen atoms in total. The first kappa shape index (κ1) is 21.8. The molecule has 0 saturated carbocycles. The van der Waals surface area contributed by atoms with Gasteiger partial charge in [0, 0.05) is 16.7 Å². The Kier molecular flexibility index (Phi) is 5.16. The number of hydrogen-bond donors (Lipinski definition) is 0. The van der Waals surface area contributed by atoms with E-state index < -0.39 is 0 Å². The number of nitriles is 1. The van der Waals surface area contributed by atoms with Crippen LogP contribution >= 0.6 is 0 Å². The molecule has 1 aliphatic rings. The minimum atomic E-state index is -0.0827. The van der Waals surface area contributed by atoms with Gasteiger partial charge in [0.2, 0.25) is 0 Å². The third-order valence-corrected chi connectivity index (χ3v) is 7.10. The Hall–Kier alpha value is -4.68. The zero-order chi connectivity index (χ0) is 24.7. The van der Waals surface area contributed by atoms with Gasteiger partial charge in [-0.15, -0.1) is 0 Å².